The zero-order valence-electron chi connectivity index (χ0n) is 16.1. The normalized spacial score (nSPS) is 21.8. The van der Waals surface area contributed by atoms with E-state index in [2.05, 4.69) is 20.6 Å². The van der Waals surface area contributed by atoms with Gasteiger partial charge in [-0.25, -0.2) is 4.98 Å². The van der Waals surface area contributed by atoms with Gasteiger partial charge in [-0.2, -0.15) is 0 Å². The molecule has 3 N–H and O–H groups in total. The fourth-order valence-electron chi connectivity index (χ4n) is 3.43. The molecule has 8 nitrogen and oxygen atoms in total. The minimum Gasteiger partial charge on any atom is -0.473 e. The number of H-pyrrole nitrogens is 1. The number of nitrogens with one attached hydrogen (secondary N) is 3. The van der Waals surface area contributed by atoms with Crippen LogP contribution in [0.4, 0.5) is 5.69 Å². The van der Waals surface area contributed by atoms with Crippen molar-refractivity contribution in [3.63, 3.8) is 0 Å². The number of anilines is 1. The molecule has 2 aromatic heterocycles. The molecular weight excluding hydrogens is 358 g/mol. The van der Waals surface area contributed by atoms with Gasteiger partial charge in [0.05, 0.1) is 28.7 Å². The lowest BCUT2D eigenvalue weighted by molar-refractivity contribution is -0.110. The van der Waals surface area contributed by atoms with Gasteiger partial charge in [0.2, 0.25) is 5.88 Å². The lowest BCUT2D eigenvalue weighted by atomic mass is 10.1. The van der Waals surface area contributed by atoms with Crippen LogP contribution < -0.4 is 15.4 Å². The van der Waals surface area contributed by atoms with Crippen molar-refractivity contribution >= 4 is 29.2 Å². The van der Waals surface area contributed by atoms with Gasteiger partial charge in [-0.1, -0.05) is 0 Å². The molecule has 2 bridgehead atoms. The molecule has 0 saturated heterocycles. The number of fused-ring (bicyclic) bond motifs is 2. The molecule has 0 radical (unpaired) electrons. The molecule has 28 heavy (non-hydrogen) atoms. The Balaban J connectivity index is 1.83. The third kappa shape index (κ3) is 3.38. The number of aryl methyl sites for hydroxylation is 1. The van der Waals surface area contributed by atoms with E-state index in [1.165, 1.54) is 0 Å². The molecule has 2 aromatic rings. The van der Waals surface area contributed by atoms with Crippen molar-refractivity contribution in [3.8, 4) is 5.88 Å². The molecule has 0 unspecified atom stereocenters. The predicted octanol–water partition coefficient (Wildman–Crippen LogP) is 1.65. The molecule has 4 rings (SSSR count). The number of aromatic amines is 1. The first-order valence-electron chi connectivity index (χ1n) is 9.28. The van der Waals surface area contributed by atoms with Crippen molar-refractivity contribution in [2.24, 2.45) is 0 Å². The van der Waals surface area contributed by atoms with Crippen molar-refractivity contribution in [1.82, 2.24) is 20.2 Å². The highest BCUT2D eigenvalue weighted by Gasteiger charge is 2.27. The third-order valence-corrected chi connectivity index (χ3v) is 4.89. The van der Waals surface area contributed by atoms with Gasteiger partial charge in [0.15, 0.2) is 0 Å². The Morgan fingerprint density at radius 3 is 2.89 bits per heavy atom. The Bertz CT molecular complexity index is 978. The van der Waals surface area contributed by atoms with E-state index in [1.54, 1.807) is 30.3 Å². The van der Waals surface area contributed by atoms with Crippen LogP contribution >= 0.6 is 0 Å². The molecule has 2 aliphatic heterocycles. The SMILES string of the molecule is Cc1cc2c([nH]1)/C=C1\C(=O)Nc3cnc(cc31)O[C@@H](C)CNCCN(C)C2=O. The second kappa shape index (κ2) is 7.12. The zero-order valence-corrected chi connectivity index (χ0v) is 16.1. The average Bonchev–Trinajstić information content (AvgIpc) is 3.17. The highest BCUT2D eigenvalue weighted by atomic mass is 16.5. The van der Waals surface area contributed by atoms with Crippen LogP contribution in [-0.4, -0.2) is 59.5 Å². The van der Waals surface area contributed by atoms with E-state index in [4.69, 9.17) is 4.74 Å². The highest BCUT2D eigenvalue weighted by molar-refractivity contribution is 6.35. The summed E-state index contributed by atoms with van der Waals surface area (Å²) in [5.41, 5.74) is 3.83. The zero-order chi connectivity index (χ0) is 19.8. The minimum absolute atomic E-state index is 0.0915. The monoisotopic (exact) mass is 381 g/mol. The number of nitrogens with zero attached hydrogens (tertiary/aromatic N) is 2. The van der Waals surface area contributed by atoms with Gasteiger partial charge < -0.3 is 25.3 Å². The number of likely N-dealkylation sites (N-methyl/N-ethyl adjacent to an activating group) is 1. The Hall–Kier alpha value is -3.13. The number of aromatic nitrogens is 2. The lowest BCUT2D eigenvalue weighted by Gasteiger charge is -2.19. The molecule has 0 aliphatic carbocycles. The molecule has 0 aromatic carbocycles. The summed E-state index contributed by atoms with van der Waals surface area (Å²) in [5, 5.41) is 6.11. The summed E-state index contributed by atoms with van der Waals surface area (Å²) in [6, 6.07) is 3.58. The van der Waals surface area contributed by atoms with Gasteiger partial charge in [0, 0.05) is 44.0 Å². The van der Waals surface area contributed by atoms with Crippen LogP contribution in [0.5, 0.6) is 5.88 Å². The van der Waals surface area contributed by atoms with Gasteiger partial charge >= 0.3 is 0 Å². The van der Waals surface area contributed by atoms with E-state index in [1.807, 2.05) is 19.9 Å². The Labute approximate surface area is 163 Å². The van der Waals surface area contributed by atoms with Gasteiger partial charge in [-0.15, -0.1) is 0 Å². The molecule has 1 atom stereocenters. The molecule has 4 heterocycles. The van der Waals surface area contributed by atoms with Crippen LogP contribution in [0.1, 0.15) is 34.2 Å². The molecule has 0 fully saturated rings. The number of pyridine rings is 1. The van der Waals surface area contributed by atoms with Crippen LogP contribution in [0.2, 0.25) is 0 Å². The maximum absolute atomic E-state index is 12.9. The number of carbonyl (C=O) groups is 2. The molecule has 2 amide bonds. The van der Waals surface area contributed by atoms with Gasteiger partial charge in [-0.05, 0) is 26.0 Å². The van der Waals surface area contributed by atoms with Crippen LogP contribution in [-0.2, 0) is 4.79 Å². The number of hydrogen-bond donors (Lipinski definition) is 3. The standard InChI is InChI=1S/C20H23N5O3/c1-11-6-15-16(23-11)7-14-13-8-18(22-10-17(13)24-19(14)26)28-12(2)9-21-4-5-25(3)20(15)27/h6-8,10,12,21,23H,4-5,9H2,1-3H3,(H,24,26)/b14-7-/t12-/m0/s1. The molecule has 0 spiro atoms. The predicted molar refractivity (Wildman–Crippen MR) is 106 cm³/mol. The number of ether oxygens (including phenoxy) is 1. The Morgan fingerprint density at radius 2 is 2.07 bits per heavy atom. The Morgan fingerprint density at radius 1 is 1.25 bits per heavy atom. The highest BCUT2D eigenvalue weighted by Crippen LogP contribution is 2.35. The van der Waals surface area contributed by atoms with Gasteiger partial charge in [0.1, 0.15) is 6.10 Å². The maximum Gasteiger partial charge on any atom is 0.256 e. The first-order valence-corrected chi connectivity index (χ1v) is 9.28. The molecule has 2 aliphatic rings. The number of amides is 2. The largest absolute Gasteiger partial charge is 0.473 e. The Kier molecular flexibility index (Phi) is 4.64. The summed E-state index contributed by atoms with van der Waals surface area (Å²) in [7, 11) is 1.77. The number of rotatable bonds is 0. The summed E-state index contributed by atoms with van der Waals surface area (Å²) in [4.78, 5) is 34.6. The van der Waals surface area contributed by atoms with E-state index >= 15 is 0 Å². The fraction of sp³-hybridized carbons (Fsp3) is 0.350. The van der Waals surface area contributed by atoms with Crippen molar-refractivity contribution in [2.45, 2.75) is 20.0 Å². The number of carbonyl (C=O) groups excluding carboxylic acids is 2. The summed E-state index contributed by atoms with van der Waals surface area (Å²) < 4.78 is 5.89. The second-order valence-electron chi connectivity index (χ2n) is 7.22. The van der Waals surface area contributed by atoms with Crippen LogP contribution in [0.25, 0.3) is 11.6 Å². The van der Waals surface area contributed by atoms with E-state index < -0.39 is 0 Å². The lowest BCUT2D eigenvalue weighted by Crippen LogP contribution is -2.37. The quantitative estimate of drug-likeness (QED) is 0.644. The van der Waals surface area contributed by atoms with E-state index in [0.29, 0.717) is 53.6 Å². The first-order chi connectivity index (χ1) is 13.4. The topological polar surface area (TPSA) is 99.3 Å². The smallest absolute Gasteiger partial charge is 0.256 e. The summed E-state index contributed by atoms with van der Waals surface area (Å²) in [5.74, 6) is 0.139. The van der Waals surface area contributed by atoms with Crippen molar-refractivity contribution in [2.75, 3.05) is 32.0 Å². The maximum atomic E-state index is 12.9. The molecule has 8 heteroatoms. The summed E-state index contributed by atoms with van der Waals surface area (Å²) in [6.45, 7) is 5.66. The van der Waals surface area contributed by atoms with Gasteiger partial charge in [0.25, 0.3) is 11.8 Å². The van der Waals surface area contributed by atoms with Gasteiger partial charge in [-0.3, -0.25) is 9.59 Å². The van der Waals surface area contributed by atoms with Crippen molar-refractivity contribution in [1.29, 1.82) is 0 Å². The van der Waals surface area contributed by atoms with Crippen LogP contribution in [0, 0.1) is 6.92 Å². The van der Waals surface area contributed by atoms with E-state index in [-0.39, 0.29) is 17.9 Å². The molecular formula is C20H23N5O3. The molecule has 146 valence electrons. The van der Waals surface area contributed by atoms with Crippen LogP contribution in [0.15, 0.2) is 18.3 Å². The minimum atomic E-state index is -0.230. The first kappa shape index (κ1) is 18.2. The summed E-state index contributed by atoms with van der Waals surface area (Å²) >= 11 is 0. The second-order valence-corrected chi connectivity index (χ2v) is 7.22. The molecule has 0 saturated carbocycles. The average molecular weight is 381 g/mol. The fourth-order valence-corrected chi connectivity index (χ4v) is 3.43. The van der Waals surface area contributed by atoms with Crippen molar-refractivity contribution in [3.05, 3.63) is 40.8 Å². The third-order valence-electron chi connectivity index (χ3n) is 4.89. The number of hydrogen-bond acceptors (Lipinski definition) is 5. The van der Waals surface area contributed by atoms with E-state index in [9.17, 15) is 9.59 Å². The van der Waals surface area contributed by atoms with Crippen molar-refractivity contribution < 1.29 is 14.3 Å². The summed E-state index contributed by atoms with van der Waals surface area (Å²) in [6.07, 6.45) is 3.21. The van der Waals surface area contributed by atoms with E-state index in [0.717, 1.165) is 5.69 Å². The van der Waals surface area contributed by atoms with Crippen LogP contribution in [0.3, 0.4) is 0 Å².